The summed E-state index contributed by atoms with van der Waals surface area (Å²) in [5.74, 6) is -3.77. The van der Waals surface area contributed by atoms with Crippen LogP contribution in [0.4, 0.5) is 18.4 Å². The van der Waals surface area contributed by atoms with E-state index in [2.05, 4.69) is 0 Å². The van der Waals surface area contributed by atoms with Gasteiger partial charge < -0.3 is 24.1 Å². The molecule has 3 saturated carbocycles. The summed E-state index contributed by atoms with van der Waals surface area (Å²) in [5, 5.41) is 11.6. The molecule has 0 amide bonds. The Bertz CT molecular complexity index is 1170. The van der Waals surface area contributed by atoms with E-state index in [-0.39, 0.29) is 31.4 Å². The zero-order valence-corrected chi connectivity index (χ0v) is 24.4. The number of carbonyl (C=O) groups is 4. The fourth-order valence-electron chi connectivity index (χ4n) is 8.20. The minimum Gasteiger partial charge on any atom is -0.434 e. The van der Waals surface area contributed by atoms with Crippen molar-refractivity contribution in [3.8, 4) is 0 Å². The summed E-state index contributed by atoms with van der Waals surface area (Å²) in [4.78, 5) is 51.1. The Morgan fingerprint density at radius 3 is 2.44 bits per heavy atom. The molecule has 4 rings (SSSR count). The number of aliphatic hydroxyl groups excluding tert-OH is 1. The SMILES string of the molecule is CCCOC(=O)O[C@]1(C(=O)COC(=O)OC(C)C)[C@H](C)C[C@H]2[C@@H]3C[C@H](F)C4=CC(=O)C=C[C@]4(C)[C@@]3(F)[C@@H](O)C[C@@]21C. The van der Waals surface area contributed by atoms with Crippen molar-refractivity contribution in [2.24, 2.45) is 28.6 Å². The van der Waals surface area contributed by atoms with Crippen molar-refractivity contribution in [2.75, 3.05) is 13.2 Å². The summed E-state index contributed by atoms with van der Waals surface area (Å²) in [6, 6.07) is 0. The van der Waals surface area contributed by atoms with Gasteiger partial charge in [0.15, 0.2) is 23.7 Å². The third-order valence-corrected chi connectivity index (χ3v) is 9.90. The van der Waals surface area contributed by atoms with Crippen LogP contribution in [0.2, 0.25) is 0 Å². The van der Waals surface area contributed by atoms with Crippen LogP contribution in [0.1, 0.15) is 67.2 Å². The molecule has 0 aromatic carbocycles. The average Bonchev–Trinajstić information content (AvgIpc) is 3.10. The number of Topliss-reactive ketones (excluding diaryl/α,β-unsaturated/α-hetero) is 1. The van der Waals surface area contributed by atoms with E-state index in [0.717, 1.165) is 6.08 Å². The van der Waals surface area contributed by atoms with Gasteiger partial charge in [-0.3, -0.25) is 9.59 Å². The molecule has 4 aliphatic rings. The van der Waals surface area contributed by atoms with Gasteiger partial charge in [0.1, 0.15) is 6.17 Å². The molecular weight excluding hydrogens is 542 g/mol. The normalized spacial score (nSPS) is 41.1. The van der Waals surface area contributed by atoms with Crippen LogP contribution in [0, 0.1) is 28.6 Å². The molecule has 0 unspecified atom stereocenters. The van der Waals surface area contributed by atoms with E-state index in [1.165, 1.54) is 19.1 Å². The second-order valence-corrected chi connectivity index (χ2v) is 12.6. The molecular formula is C30H40F2O9. The lowest BCUT2D eigenvalue weighted by Gasteiger charge is -2.63. The average molecular weight is 583 g/mol. The molecule has 41 heavy (non-hydrogen) atoms. The van der Waals surface area contributed by atoms with E-state index < -0.39 is 88.7 Å². The maximum absolute atomic E-state index is 17.5. The van der Waals surface area contributed by atoms with E-state index in [9.17, 15) is 24.3 Å². The number of fused-ring (bicyclic) bond motifs is 5. The summed E-state index contributed by atoms with van der Waals surface area (Å²) in [5.41, 5.74) is -7.36. The van der Waals surface area contributed by atoms with Gasteiger partial charge in [0.25, 0.3) is 0 Å². The number of hydrogen-bond acceptors (Lipinski definition) is 9. The Morgan fingerprint density at radius 1 is 1.12 bits per heavy atom. The Morgan fingerprint density at radius 2 is 1.80 bits per heavy atom. The minimum absolute atomic E-state index is 0.0174. The predicted octanol–water partition coefficient (Wildman–Crippen LogP) is 4.98. The van der Waals surface area contributed by atoms with Gasteiger partial charge in [0.05, 0.1) is 18.8 Å². The van der Waals surface area contributed by atoms with Gasteiger partial charge in [-0.15, -0.1) is 0 Å². The highest BCUT2D eigenvalue weighted by atomic mass is 19.1. The highest BCUT2D eigenvalue weighted by Crippen LogP contribution is 2.71. The third-order valence-electron chi connectivity index (χ3n) is 9.90. The van der Waals surface area contributed by atoms with Crippen LogP contribution in [-0.4, -0.2) is 71.8 Å². The molecule has 228 valence electrons. The standard InChI is InChI=1S/C30H40F2O9/c1-7-10-38-26(37)41-30(24(35)15-39-25(36)40-16(2)3)17(4)11-19-20-13-22(31)21-12-18(33)8-9-27(21,5)29(20,32)23(34)14-28(19,30)6/h8-9,12,16-17,19-20,22-23,34H,7,10-11,13-15H2,1-6H3/t17-,19+,20+,22+,23+,27+,28+,29+,30+/m1/s1. The van der Waals surface area contributed by atoms with Crippen molar-refractivity contribution in [3.63, 3.8) is 0 Å². The Hall–Kier alpha value is -2.82. The zero-order valence-electron chi connectivity index (χ0n) is 24.4. The molecule has 0 aromatic rings. The van der Waals surface area contributed by atoms with Gasteiger partial charge >= 0.3 is 12.3 Å². The summed E-state index contributed by atoms with van der Waals surface area (Å²) in [6.07, 6.45) is -2.47. The lowest BCUT2D eigenvalue weighted by molar-refractivity contribution is -0.226. The monoisotopic (exact) mass is 582 g/mol. The zero-order chi connectivity index (χ0) is 30.5. The maximum atomic E-state index is 17.5. The molecule has 3 fully saturated rings. The summed E-state index contributed by atoms with van der Waals surface area (Å²) >= 11 is 0. The largest absolute Gasteiger partial charge is 0.509 e. The third kappa shape index (κ3) is 4.58. The van der Waals surface area contributed by atoms with Crippen LogP contribution in [-0.2, 0) is 28.5 Å². The fourth-order valence-corrected chi connectivity index (χ4v) is 8.20. The molecule has 0 aromatic heterocycles. The molecule has 9 atom stereocenters. The number of allylic oxidation sites excluding steroid dienone is 4. The van der Waals surface area contributed by atoms with Crippen molar-refractivity contribution in [1.29, 1.82) is 0 Å². The highest BCUT2D eigenvalue weighted by molar-refractivity contribution is 6.01. The fraction of sp³-hybridized carbons (Fsp3) is 0.733. The lowest BCUT2D eigenvalue weighted by atomic mass is 9.44. The van der Waals surface area contributed by atoms with Gasteiger partial charge in [-0.25, -0.2) is 18.4 Å². The Labute approximate surface area is 238 Å². The van der Waals surface area contributed by atoms with E-state index in [1.807, 2.05) is 0 Å². The second-order valence-electron chi connectivity index (χ2n) is 12.6. The van der Waals surface area contributed by atoms with Crippen molar-refractivity contribution in [2.45, 2.75) is 96.9 Å². The van der Waals surface area contributed by atoms with Crippen LogP contribution in [0.3, 0.4) is 0 Å². The van der Waals surface area contributed by atoms with Crippen molar-refractivity contribution < 1.29 is 52.0 Å². The number of ether oxygens (including phenoxy) is 4. The highest BCUT2D eigenvalue weighted by Gasteiger charge is 2.78. The van der Waals surface area contributed by atoms with Gasteiger partial charge in [0, 0.05) is 22.7 Å². The number of alkyl halides is 2. The number of ketones is 2. The summed E-state index contributed by atoms with van der Waals surface area (Å²) in [6.45, 7) is 8.99. The van der Waals surface area contributed by atoms with Crippen molar-refractivity contribution in [3.05, 3.63) is 23.8 Å². The first-order valence-corrected chi connectivity index (χ1v) is 14.3. The molecule has 0 heterocycles. The first kappa shape index (κ1) is 31.1. The first-order valence-electron chi connectivity index (χ1n) is 14.3. The van der Waals surface area contributed by atoms with Gasteiger partial charge in [-0.1, -0.05) is 26.8 Å². The van der Waals surface area contributed by atoms with E-state index in [4.69, 9.17) is 18.9 Å². The molecule has 0 aliphatic heterocycles. The van der Waals surface area contributed by atoms with Gasteiger partial charge in [-0.2, -0.15) is 0 Å². The van der Waals surface area contributed by atoms with Crippen LogP contribution in [0.5, 0.6) is 0 Å². The van der Waals surface area contributed by atoms with E-state index in [0.29, 0.717) is 6.42 Å². The van der Waals surface area contributed by atoms with Crippen molar-refractivity contribution in [1.82, 2.24) is 0 Å². The Balaban J connectivity index is 1.78. The molecule has 11 heteroatoms. The maximum Gasteiger partial charge on any atom is 0.509 e. The molecule has 0 spiro atoms. The van der Waals surface area contributed by atoms with Crippen LogP contribution >= 0.6 is 0 Å². The first-order chi connectivity index (χ1) is 19.1. The molecule has 0 bridgehead atoms. The van der Waals surface area contributed by atoms with Crippen LogP contribution in [0.25, 0.3) is 0 Å². The van der Waals surface area contributed by atoms with E-state index >= 15 is 8.78 Å². The molecule has 0 saturated heterocycles. The summed E-state index contributed by atoms with van der Waals surface area (Å²) in [7, 11) is 0. The molecule has 0 radical (unpaired) electrons. The number of rotatable bonds is 7. The Kier molecular flexibility index (Phi) is 8.19. The van der Waals surface area contributed by atoms with Crippen molar-refractivity contribution >= 4 is 23.9 Å². The lowest BCUT2D eigenvalue weighted by Crippen LogP contribution is -2.71. The topological polar surface area (TPSA) is 125 Å². The predicted molar refractivity (Wildman–Crippen MR) is 141 cm³/mol. The number of halogens is 2. The number of hydrogen-bond donors (Lipinski definition) is 1. The quantitative estimate of drug-likeness (QED) is 0.414. The van der Waals surface area contributed by atoms with E-state index in [1.54, 1.807) is 34.6 Å². The number of aliphatic hydroxyl groups is 1. The molecule has 9 nitrogen and oxygen atoms in total. The van der Waals surface area contributed by atoms with Crippen LogP contribution in [0.15, 0.2) is 23.8 Å². The smallest absolute Gasteiger partial charge is 0.434 e. The van der Waals surface area contributed by atoms with Crippen LogP contribution < -0.4 is 0 Å². The molecule has 1 N–H and O–H groups in total. The minimum atomic E-state index is -2.37. The second kappa shape index (κ2) is 10.8. The van der Waals surface area contributed by atoms with Gasteiger partial charge in [-0.05, 0) is 70.1 Å². The van der Waals surface area contributed by atoms with Gasteiger partial charge in [0.2, 0.25) is 5.78 Å². The number of carbonyl (C=O) groups excluding carboxylic acids is 4. The molecule has 4 aliphatic carbocycles. The summed E-state index contributed by atoms with van der Waals surface area (Å²) < 4.78 is 54.3.